The fourth-order valence-electron chi connectivity index (χ4n) is 4.08. The highest BCUT2D eigenvalue weighted by molar-refractivity contribution is 5.94. The van der Waals surface area contributed by atoms with Gasteiger partial charge in [-0.2, -0.15) is 18.3 Å². The predicted octanol–water partition coefficient (Wildman–Crippen LogP) is 5.45. The monoisotopic (exact) mass is 442 g/mol. The van der Waals surface area contributed by atoms with Crippen molar-refractivity contribution in [3.05, 3.63) is 65.7 Å². The van der Waals surface area contributed by atoms with Gasteiger partial charge in [0.2, 0.25) is 0 Å². The number of amides is 1. The van der Waals surface area contributed by atoms with Crippen LogP contribution in [-0.4, -0.2) is 22.2 Å². The number of nitrogen functional groups attached to an aromatic ring is 1. The van der Waals surface area contributed by atoms with Crippen molar-refractivity contribution in [2.75, 3.05) is 12.3 Å². The zero-order valence-corrected chi connectivity index (χ0v) is 17.5. The first-order valence-corrected chi connectivity index (χ1v) is 10.7. The molecule has 1 aromatic heterocycles. The third kappa shape index (κ3) is 4.95. The van der Waals surface area contributed by atoms with Crippen LogP contribution in [0.25, 0.3) is 16.9 Å². The van der Waals surface area contributed by atoms with Crippen LogP contribution in [0.1, 0.15) is 48.0 Å². The van der Waals surface area contributed by atoms with Crippen LogP contribution in [0.5, 0.6) is 0 Å². The zero-order chi connectivity index (χ0) is 22.7. The summed E-state index contributed by atoms with van der Waals surface area (Å²) in [5.41, 5.74) is 7.13. The number of nitrogens with zero attached hydrogens (tertiary/aromatic N) is 2. The van der Waals surface area contributed by atoms with Gasteiger partial charge in [-0.15, -0.1) is 0 Å². The van der Waals surface area contributed by atoms with E-state index in [2.05, 4.69) is 10.4 Å². The molecule has 2 aromatic carbocycles. The molecule has 0 saturated heterocycles. The second-order valence-corrected chi connectivity index (χ2v) is 8.21. The summed E-state index contributed by atoms with van der Waals surface area (Å²) in [5, 5.41) is 7.37. The van der Waals surface area contributed by atoms with Gasteiger partial charge in [-0.25, -0.2) is 4.68 Å². The number of aromatic nitrogens is 2. The maximum absolute atomic E-state index is 13.0. The summed E-state index contributed by atoms with van der Waals surface area (Å²) in [7, 11) is 0. The van der Waals surface area contributed by atoms with Crippen LogP contribution < -0.4 is 11.1 Å². The van der Waals surface area contributed by atoms with E-state index in [9.17, 15) is 18.0 Å². The van der Waals surface area contributed by atoms with Gasteiger partial charge in [-0.05, 0) is 55.2 Å². The topological polar surface area (TPSA) is 72.9 Å². The number of hydrogen-bond acceptors (Lipinski definition) is 3. The molecular formula is C24H25F3N4O. The Balaban J connectivity index is 1.48. The third-order valence-electron chi connectivity index (χ3n) is 5.87. The van der Waals surface area contributed by atoms with Crippen LogP contribution in [-0.2, 0) is 6.18 Å². The average Bonchev–Trinajstić information content (AvgIpc) is 3.19. The zero-order valence-electron chi connectivity index (χ0n) is 17.5. The SMILES string of the molecule is Nc1cc(-c2cccc(C(F)(F)F)c2)nn1-c1ccc(C(=O)NCC2CCCCC2)cc1. The summed E-state index contributed by atoms with van der Waals surface area (Å²) >= 11 is 0. The molecular weight excluding hydrogens is 417 g/mol. The van der Waals surface area contributed by atoms with Crippen molar-refractivity contribution in [3.8, 4) is 16.9 Å². The highest BCUT2D eigenvalue weighted by atomic mass is 19.4. The van der Waals surface area contributed by atoms with Gasteiger partial charge in [0.15, 0.2) is 0 Å². The maximum atomic E-state index is 13.0. The number of alkyl halides is 3. The average molecular weight is 442 g/mol. The van der Waals surface area contributed by atoms with Gasteiger partial charge in [0, 0.05) is 23.7 Å². The van der Waals surface area contributed by atoms with Crippen LogP contribution >= 0.6 is 0 Å². The number of benzene rings is 2. The Hall–Kier alpha value is -3.29. The molecule has 5 nitrogen and oxygen atoms in total. The molecule has 1 aliphatic rings. The highest BCUT2D eigenvalue weighted by Crippen LogP contribution is 2.32. The van der Waals surface area contributed by atoms with Crippen molar-refractivity contribution < 1.29 is 18.0 Å². The van der Waals surface area contributed by atoms with E-state index in [1.807, 2.05) is 0 Å². The Morgan fingerprint density at radius 1 is 1.06 bits per heavy atom. The van der Waals surface area contributed by atoms with Crippen LogP contribution in [0.4, 0.5) is 19.0 Å². The molecule has 3 N–H and O–H groups in total. The lowest BCUT2D eigenvalue weighted by molar-refractivity contribution is -0.137. The lowest BCUT2D eigenvalue weighted by atomic mass is 9.89. The van der Waals surface area contributed by atoms with Crippen molar-refractivity contribution in [3.63, 3.8) is 0 Å². The van der Waals surface area contributed by atoms with Gasteiger partial charge in [0.1, 0.15) is 5.82 Å². The maximum Gasteiger partial charge on any atom is 0.416 e. The first-order valence-electron chi connectivity index (χ1n) is 10.7. The fourth-order valence-corrected chi connectivity index (χ4v) is 4.08. The van der Waals surface area contributed by atoms with Gasteiger partial charge in [-0.1, -0.05) is 31.4 Å². The number of carbonyl (C=O) groups is 1. The molecule has 1 saturated carbocycles. The van der Waals surface area contributed by atoms with Gasteiger partial charge in [0.05, 0.1) is 16.9 Å². The van der Waals surface area contributed by atoms with Crippen molar-refractivity contribution in [1.29, 1.82) is 0 Å². The predicted molar refractivity (Wildman–Crippen MR) is 117 cm³/mol. The number of nitrogens with two attached hydrogens (primary N) is 1. The minimum Gasteiger partial charge on any atom is -0.384 e. The molecule has 1 fully saturated rings. The molecule has 32 heavy (non-hydrogen) atoms. The molecule has 0 unspecified atom stereocenters. The Morgan fingerprint density at radius 2 is 1.78 bits per heavy atom. The number of hydrogen-bond donors (Lipinski definition) is 2. The Morgan fingerprint density at radius 3 is 2.47 bits per heavy atom. The lowest BCUT2D eigenvalue weighted by Gasteiger charge is -2.21. The largest absolute Gasteiger partial charge is 0.416 e. The molecule has 0 spiro atoms. The molecule has 4 rings (SSSR count). The van der Waals surface area contributed by atoms with E-state index in [0.29, 0.717) is 35.0 Å². The Labute approximate surface area is 184 Å². The molecule has 0 aliphatic heterocycles. The Bertz CT molecular complexity index is 1080. The summed E-state index contributed by atoms with van der Waals surface area (Å²) in [6.07, 6.45) is 1.61. The number of carbonyl (C=O) groups excluding carboxylic acids is 1. The molecule has 168 valence electrons. The molecule has 0 atom stereocenters. The first-order chi connectivity index (χ1) is 15.3. The van der Waals surface area contributed by atoms with Crippen LogP contribution in [0.15, 0.2) is 54.6 Å². The second-order valence-electron chi connectivity index (χ2n) is 8.21. The quantitative estimate of drug-likeness (QED) is 0.552. The second kappa shape index (κ2) is 9.06. The summed E-state index contributed by atoms with van der Waals surface area (Å²) in [4.78, 5) is 12.5. The van der Waals surface area contributed by atoms with E-state index >= 15 is 0 Å². The smallest absolute Gasteiger partial charge is 0.384 e. The standard InChI is InChI=1S/C24H25F3N4O/c25-24(26,27)19-8-4-7-18(13-19)21-14-22(28)31(30-21)20-11-9-17(10-12-20)23(32)29-15-16-5-2-1-3-6-16/h4,7-14,16H,1-3,5-6,15,28H2,(H,29,32). The molecule has 1 heterocycles. The molecule has 8 heteroatoms. The summed E-state index contributed by atoms with van der Waals surface area (Å²) < 4.78 is 40.5. The lowest BCUT2D eigenvalue weighted by Crippen LogP contribution is -2.30. The van der Waals surface area contributed by atoms with Gasteiger partial charge >= 0.3 is 6.18 Å². The molecule has 3 aromatic rings. The number of halogens is 3. The van der Waals surface area contributed by atoms with Gasteiger partial charge < -0.3 is 11.1 Å². The molecule has 0 bridgehead atoms. The minimum absolute atomic E-state index is 0.125. The van der Waals surface area contributed by atoms with E-state index in [1.165, 1.54) is 36.1 Å². The highest BCUT2D eigenvalue weighted by Gasteiger charge is 2.30. The van der Waals surface area contributed by atoms with E-state index in [-0.39, 0.29) is 11.7 Å². The summed E-state index contributed by atoms with van der Waals surface area (Å²) in [5.74, 6) is 0.706. The minimum atomic E-state index is -4.43. The van der Waals surface area contributed by atoms with E-state index in [4.69, 9.17) is 5.73 Å². The third-order valence-corrected chi connectivity index (χ3v) is 5.87. The van der Waals surface area contributed by atoms with Crippen LogP contribution in [0, 0.1) is 5.92 Å². The molecule has 0 radical (unpaired) electrons. The van der Waals surface area contributed by atoms with Crippen molar-refractivity contribution in [2.45, 2.75) is 38.3 Å². The number of nitrogens with one attached hydrogen (secondary N) is 1. The summed E-state index contributed by atoms with van der Waals surface area (Å²) in [6, 6.07) is 13.3. The fraction of sp³-hybridized carbons (Fsp3) is 0.333. The van der Waals surface area contributed by atoms with E-state index in [0.717, 1.165) is 25.0 Å². The number of anilines is 1. The van der Waals surface area contributed by atoms with Crippen LogP contribution in [0.3, 0.4) is 0 Å². The Kier molecular flexibility index (Phi) is 6.21. The number of rotatable bonds is 5. The first kappa shape index (κ1) is 21.9. The summed E-state index contributed by atoms with van der Waals surface area (Å²) in [6.45, 7) is 0.688. The van der Waals surface area contributed by atoms with Gasteiger partial charge in [0.25, 0.3) is 5.91 Å². The normalized spacial score (nSPS) is 15.0. The van der Waals surface area contributed by atoms with Crippen LogP contribution in [0.2, 0.25) is 0 Å². The van der Waals surface area contributed by atoms with Crippen molar-refractivity contribution in [2.24, 2.45) is 5.92 Å². The van der Waals surface area contributed by atoms with E-state index < -0.39 is 11.7 Å². The van der Waals surface area contributed by atoms with Crippen molar-refractivity contribution in [1.82, 2.24) is 15.1 Å². The molecule has 1 amide bonds. The van der Waals surface area contributed by atoms with Gasteiger partial charge in [-0.3, -0.25) is 4.79 Å². The van der Waals surface area contributed by atoms with E-state index in [1.54, 1.807) is 30.3 Å². The molecule has 1 aliphatic carbocycles. The van der Waals surface area contributed by atoms with Crippen molar-refractivity contribution >= 4 is 11.7 Å².